The molecule has 5 aliphatic carbocycles. The first-order chi connectivity index (χ1) is 15.9. The molecule has 0 aromatic heterocycles. The second-order valence-electron chi connectivity index (χ2n) is 10.9. The molecule has 6 rings (SSSR count). The van der Waals surface area contributed by atoms with E-state index in [1.807, 2.05) is 10.9 Å². The topological polar surface area (TPSA) is 0 Å². The Labute approximate surface area is 232 Å². The summed E-state index contributed by atoms with van der Waals surface area (Å²) in [7, 11) is 0.0531. The summed E-state index contributed by atoms with van der Waals surface area (Å²) >= 11 is -0.871. The Morgan fingerprint density at radius 3 is 2.15 bits per heavy atom. The van der Waals surface area contributed by atoms with Crippen LogP contribution in [0.4, 0.5) is 0 Å². The van der Waals surface area contributed by atoms with Crippen LogP contribution in [0.1, 0.15) is 98.3 Å². The number of allylic oxidation sites excluding steroid dienone is 5. The fourth-order valence-corrected chi connectivity index (χ4v) is 20.7. The number of hydrogen-bond acceptors (Lipinski definition) is 0. The first kappa shape index (κ1) is 27.4. The summed E-state index contributed by atoms with van der Waals surface area (Å²) in [6.45, 7) is 0. The molecule has 0 saturated heterocycles. The third-order valence-corrected chi connectivity index (χ3v) is 20.6. The van der Waals surface area contributed by atoms with Crippen LogP contribution in [0.25, 0.3) is 6.08 Å². The largest absolute Gasteiger partial charge is 1.00 e. The van der Waals surface area contributed by atoms with Gasteiger partial charge in [-0.1, -0.05) is 0 Å². The molecular formula is C30H39Cl2HfP. The van der Waals surface area contributed by atoms with Gasteiger partial charge in [0.1, 0.15) is 0 Å². The first-order valence-corrected chi connectivity index (χ1v) is 19.2. The Morgan fingerprint density at radius 1 is 0.765 bits per heavy atom. The minimum atomic E-state index is -0.871. The molecule has 0 radical (unpaired) electrons. The van der Waals surface area contributed by atoms with Gasteiger partial charge in [0.15, 0.2) is 0 Å². The Morgan fingerprint density at radius 2 is 1.44 bits per heavy atom. The quantitative estimate of drug-likeness (QED) is 0.331. The Hall–Kier alpha value is 0.320. The van der Waals surface area contributed by atoms with Gasteiger partial charge in [0.2, 0.25) is 0 Å². The van der Waals surface area contributed by atoms with Crippen LogP contribution in [0, 0.1) is 5.92 Å². The van der Waals surface area contributed by atoms with Crippen molar-refractivity contribution in [2.24, 2.45) is 5.92 Å². The standard InChI is InChI=1S/C21H28P.C9H11.2ClH.Hf/c1-3-11-19(12-4-1)22(20-13-5-2-6-14-20)21-15-17-9-7-8-10-18(17)16-21;1-2-5-9-7-3-6-8(9)4-1;;;/h7-10,15-16,19-20H,1-6,11-14H2;1-2,4,6,9H,3,5,7H2;2*1H;/q;;;;+2/p-2. The van der Waals surface area contributed by atoms with Gasteiger partial charge in [-0.3, -0.25) is 0 Å². The van der Waals surface area contributed by atoms with E-state index in [9.17, 15) is 0 Å². The maximum absolute atomic E-state index is 2.78. The van der Waals surface area contributed by atoms with Crippen molar-refractivity contribution in [1.29, 1.82) is 0 Å². The fraction of sp³-hybridized carbons (Fsp3) is 0.600. The molecule has 0 N–H and O–H groups in total. The number of benzene rings is 1. The maximum Gasteiger partial charge on any atom is -1.00 e. The van der Waals surface area contributed by atoms with Crippen molar-refractivity contribution >= 4 is 14.0 Å². The molecule has 0 amide bonds. The van der Waals surface area contributed by atoms with Gasteiger partial charge in [0, 0.05) is 0 Å². The number of rotatable bonds is 5. The summed E-state index contributed by atoms with van der Waals surface area (Å²) in [6, 6.07) is 9.63. The summed E-state index contributed by atoms with van der Waals surface area (Å²) in [5, 5.41) is 2.03. The van der Waals surface area contributed by atoms with Gasteiger partial charge >= 0.3 is 209 Å². The smallest absolute Gasteiger partial charge is 1.00 e. The summed E-state index contributed by atoms with van der Waals surface area (Å²) in [4.78, 5) is 0. The van der Waals surface area contributed by atoms with Crippen molar-refractivity contribution in [3.05, 3.63) is 64.5 Å². The minimum Gasteiger partial charge on any atom is -1.00 e. The Balaban J connectivity index is 0.00000137. The van der Waals surface area contributed by atoms with Gasteiger partial charge in [0.05, 0.1) is 0 Å². The van der Waals surface area contributed by atoms with Crippen molar-refractivity contribution in [2.45, 2.75) is 102 Å². The monoisotopic (exact) mass is 680 g/mol. The van der Waals surface area contributed by atoms with Crippen molar-refractivity contribution in [1.82, 2.24) is 0 Å². The van der Waals surface area contributed by atoms with E-state index in [1.54, 1.807) is 11.1 Å². The molecule has 4 heteroatoms. The van der Waals surface area contributed by atoms with Crippen LogP contribution in [0.3, 0.4) is 0 Å². The molecular weight excluding hydrogens is 641 g/mol. The van der Waals surface area contributed by atoms with E-state index >= 15 is 0 Å². The molecule has 0 nitrogen and oxygen atoms in total. The summed E-state index contributed by atoms with van der Waals surface area (Å²) in [5.74, 6) is 0.903. The van der Waals surface area contributed by atoms with Crippen LogP contribution in [0.5, 0.6) is 0 Å². The van der Waals surface area contributed by atoms with Crippen molar-refractivity contribution in [3.63, 3.8) is 0 Å². The van der Waals surface area contributed by atoms with E-state index in [0.29, 0.717) is 0 Å². The molecule has 1 aromatic carbocycles. The summed E-state index contributed by atoms with van der Waals surface area (Å²) in [5.41, 5.74) is 7.36. The summed E-state index contributed by atoms with van der Waals surface area (Å²) < 4.78 is 1.91. The number of fused-ring (bicyclic) bond motifs is 2. The molecule has 34 heavy (non-hydrogen) atoms. The van der Waals surface area contributed by atoms with Crippen LogP contribution >= 0.6 is 7.92 Å². The average molecular weight is 680 g/mol. The maximum atomic E-state index is 2.78. The third kappa shape index (κ3) is 5.59. The van der Waals surface area contributed by atoms with E-state index in [1.165, 1.54) is 83.5 Å². The fourth-order valence-electron chi connectivity index (χ4n) is 7.44. The van der Waals surface area contributed by atoms with E-state index in [0.717, 1.165) is 24.6 Å². The van der Waals surface area contributed by atoms with Crippen LogP contribution in [0.2, 0.25) is 3.67 Å². The molecule has 3 unspecified atom stereocenters. The molecule has 0 heterocycles. The zero-order valence-corrected chi connectivity index (χ0v) is 26.4. The third-order valence-electron chi connectivity index (χ3n) is 9.03. The first-order valence-electron chi connectivity index (χ1n) is 13.6. The second kappa shape index (κ2) is 12.7. The van der Waals surface area contributed by atoms with Crippen molar-refractivity contribution < 1.29 is 47.7 Å². The molecule has 3 fully saturated rings. The van der Waals surface area contributed by atoms with Crippen molar-refractivity contribution in [2.75, 3.05) is 0 Å². The van der Waals surface area contributed by atoms with Crippen LogP contribution in [0.15, 0.2) is 53.4 Å². The SMILES string of the molecule is C1=CCC2CC[CH]([Hf+2][CH]3C(P(C4CCCCC4)C4CCCCC4)=Cc4ccccc43)C2=C1.[Cl-].[Cl-]. The predicted molar refractivity (Wildman–Crippen MR) is 136 cm³/mol. The Kier molecular flexibility index (Phi) is 10.2. The van der Waals surface area contributed by atoms with Crippen LogP contribution < -0.4 is 24.8 Å². The second-order valence-corrected chi connectivity index (χ2v) is 19.5. The number of halogens is 2. The zero-order chi connectivity index (χ0) is 21.3. The van der Waals surface area contributed by atoms with Crippen LogP contribution in [-0.4, -0.2) is 11.3 Å². The zero-order valence-electron chi connectivity index (χ0n) is 20.4. The van der Waals surface area contributed by atoms with Gasteiger partial charge in [-0.25, -0.2) is 0 Å². The van der Waals surface area contributed by atoms with Gasteiger partial charge < -0.3 is 24.8 Å². The molecule has 182 valence electrons. The molecule has 1 aromatic rings. The predicted octanol–water partition coefficient (Wildman–Crippen LogP) is 3.40. The van der Waals surface area contributed by atoms with E-state index in [2.05, 4.69) is 48.6 Å². The minimum absolute atomic E-state index is 0. The van der Waals surface area contributed by atoms with E-state index in [4.69, 9.17) is 0 Å². The van der Waals surface area contributed by atoms with Gasteiger partial charge in [-0.05, 0) is 0 Å². The average Bonchev–Trinajstić information content (AvgIpc) is 3.43. The van der Waals surface area contributed by atoms with Crippen LogP contribution in [-0.2, 0) is 22.9 Å². The van der Waals surface area contributed by atoms with Gasteiger partial charge in [0.25, 0.3) is 0 Å². The molecule has 0 spiro atoms. The Bertz CT molecular complexity index is 892. The molecule has 0 aliphatic heterocycles. The molecule has 5 aliphatic rings. The van der Waals surface area contributed by atoms with E-state index in [-0.39, 0.29) is 32.7 Å². The summed E-state index contributed by atoms with van der Waals surface area (Å²) in [6.07, 6.45) is 29.6. The van der Waals surface area contributed by atoms with Gasteiger partial charge in [-0.15, -0.1) is 0 Å². The van der Waals surface area contributed by atoms with Gasteiger partial charge in [-0.2, -0.15) is 0 Å². The molecule has 0 bridgehead atoms. The van der Waals surface area contributed by atoms with Crippen molar-refractivity contribution in [3.8, 4) is 0 Å². The molecule has 3 atom stereocenters. The van der Waals surface area contributed by atoms with E-state index < -0.39 is 22.9 Å². The number of hydrogen-bond donors (Lipinski definition) is 0. The molecule has 3 saturated carbocycles. The normalized spacial score (nSPS) is 28.8.